The van der Waals surface area contributed by atoms with E-state index in [1.807, 2.05) is 55.5 Å². The second-order valence-corrected chi connectivity index (χ2v) is 8.71. The van der Waals surface area contributed by atoms with Crippen molar-refractivity contribution in [3.05, 3.63) is 95.1 Å². The van der Waals surface area contributed by atoms with Gasteiger partial charge in [0.1, 0.15) is 5.69 Å². The Kier molecular flexibility index (Phi) is 6.13. The average molecular weight is 437 g/mol. The molecule has 1 aromatic heterocycles. The SMILES string of the molecule is Cc1ccc(-c2nnc3ccccc3c2C(=O)NCCCN2CCc3ccccc3C2)cc1. The number of rotatable bonds is 6. The molecule has 1 aliphatic heterocycles. The smallest absolute Gasteiger partial charge is 0.254 e. The van der Waals surface area contributed by atoms with Crippen molar-refractivity contribution in [1.82, 2.24) is 20.4 Å². The van der Waals surface area contributed by atoms with E-state index in [1.165, 1.54) is 16.7 Å². The highest BCUT2D eigenvalue weighted by atomic mass is 16.1. The second kappa shape index (κ2) is 9.51. The number of aromatic nitrogens is 2. The van der Waals surface area contributed by atoms with Gasteiger partial charge in [0.2, 0.25) is 0 Å². The van der Waals surface area contributed by atoms with Gasteiger partial charge in [0, 0.05) is 37.1 Å². The fourth-order valence-electron chi connectivity index (χ4n) is 4.54. The van der Waals surface area contributed by atoms with E-state index in [4.69, 9.17) is 0 Å². The van der Waals surface area contributed by atoms with Crippen LogP contribution in [0.15, 0.2) is 72.8 Å². The summed E-state index contributed by atoms with van der Waals surface area (Å²) in [5.74, 6) is -0.0966. The van der Waals surface area contributed by atoms with Crippen molar-refractivity contribution < 1.29 is 4.79 Å². The monoisotopic (exact) mass is 436 g/mol. The molecule has 0 unspecified atom stereocenters. The molecule has 5 rings (SSSR count). The van der Waals surface area contributed by atoms with E-state index in [1.54, 1.807) is 0 Å². The Morgan fingerprint density at radius 3 is 2.55 bits per heavy atom. The third-order valence-corrected chi connectivity index (χ3v) is 6.37. The summed E-state index contributed by atoms with van der Waals surface area (Å²) in [5, 5.41) is 12.8. The highest BCUT2D eigenvalue weighted by molar-refractivity contribution is 6.10. The van der Waals surface area contributed by atoms with Crippen molar-refractivity contribution >= 4 is 16.8 Å². The van der Waals surface area contributed by atoms with Crippen molar-refractivity contribution in [2.75, 3.05) is 19.6 Å². The Hall–Kier alpha value is -3.57. The second-order valence-electron chi connectivity index (χ2n) is 8.71. The number of carbonyl (C=O) groups is 1. The molecule has 0 spiro atoms. The van der Waals surface area contributed by atoms with Gasteiger partial charge in [-0.2, -0.15) is 0 Å². The maximum atomic E-state index is 13.3. The lowest BCUT2D eigenvalue weighted by molar-refractivity contribution is 0.0953. The lowest BCUT2D eigenvalue weighted by Gasteiger charge is -2.28. The Balaban J connectivity index is 1.29. The summed E-state index contributed by atoms with van der Waals surface area (Å²) in [7, 11) is 0. The van der Waals surface area contributed by atoms with E-state index in [0.29, 0.717) is 17.8 Å². The molecule has 4 aromatic rings. The minimum absolute atomic E-state index is 0.0966. The highest BCUT2D eigenvalue weighted by Gasteiger charge is 2.19. The lowest BCUT2D eigenvalue weighted by Crippen LogP contribution is -2.34. The summed E-state index contributed by atoms with van der Waals surface area (Å²) < 4.78 is 0. The molecule has 1 aliphatic rings. The predicted molar refractivity (Wildman–Crippen MR) is 132 cm³/mol. The first kappa shape index (κ1) is 21.3. The Bertz CT molecular complexity index is 1280. The molecule has 1 amide bonds. The fraction of sp³-hybridized carbons (Fsp3) is 0.250. The van der Waals surface area contributed by atoms with Gasteiger partial charge in [0.25, 0.3) is 5.91 Å². The van der Waals surface area contributed by atoms with Crippen LogP contribution in [0.2, 0.25) is 0 Å². The highest BCUT2D eigenvalue weighted by Crippen LogP contribution is 2.27. The van der Waals surface area contributed by atoms with Gasteiger partial charge in [0.05, 0.1) is 11.1 Å². The zero-order valence-electron chi connectivity index (χ0n) is 18.9. The van der Waals surface area contributed by atoms with Crippen molar-refractivity contribution in [3.8, 4) is 11.3 Å². The first-order chi connectivity index (χ1) is 16.2. The standard InChI is InChI=1S/C28H28N4O/c1-20-11-13-22(14-12-20)27-26(24-9-4-5-10-25(24)30-31-27)28(33)29-16-6-17-32-18-15-21-7-2-3-8-23(21)19-32/h2-5,7-14H,6,15-19H2,1H3,(H,29,33). The summed E-state index contributed by atoms with van der Waals surface area (Å²) in [6.07, 6.45) is 2.00. The van der Waals surface area contributed by atoms with Crippen molar-refractivity contribution in [1.29, 1.82) is 0 Å². The first-order valence-electron chi connectivity index (χ1n) is 11.6. The number of benzene rings is 3. The van der Waals surface area contributed by atoms with Crippen LogP contribution < -0.4 is 5.32 Å². The van der Waals surface area contributed by atoms with Crippen LogP contribution in [0.4, 0.5) is 0 Å². The van der Waals surface area contributed by atoms with Crippen molar-refractivity contribution in [2.45, 2.75) is 26.3 Å². The van der Waals surface area contributed by atoms with Gasteiger partial charge < -0.3 is 5.32 Å². The Labute approximate surface area is 194 Å². The number of hydrogen-bond donors (Lipinski definition) is 1. The number of nitrogens with zero attached hydrogens (tertiary/aromatic N) is 3. The molecule has 5 heteroatoms. The van der Waals surface area contributed by atoms with Crippen LogP contribution in [0.1, 0.15) is 33.5 Å². The minimum Gasteiger partial charge on any atom is -0.352 e. The largest absolute Gasteiger partial charge is 0.352 e. The minimum atomic E-state index is -0.0966. The molecule has 0 atom stereocenters. The van der Waals surface area contributed by atoms with Crippen molar-refractivity contribution in [2.24, 2.45) is 0 Å². The third kappa shape index (κ3) is 4.64. The number of hydrogen-bond acceptors (Lipinski definition) is 4. The molecule has 0 saturated carbocycles. The molecule has 0 radical (unpaired) electrons. The first-order valence-corrected chi connectivity index (χ1v) is 11.6. The van der Waals surface area contributed by atoms with Crippen LogP contribution in [0, 0.1) is 6.92 Å². The maximum absolute atomic E-state index is 13.3. The molecular formula is C28H28N4O. The van der Waals surface area contributed by atoms with Crippen LogP contribution in [0.25, 0.3) is 22.2 Å². The number of fused-ring (bicyclic) bond motifs is 2. The molecule has 5 nitrogen and oxygen atoms in total. The summed E-state index contributed by atoms with van der Waals surface area (Å²) in [6, 6.07) is 24.4. The van der Waals surface area contributed by atoms with Gasteiger partial charge in [0.15, 0.2) is 0 Å². The van der Waals surface area contributed by atoms with Crippen LogP contribution in [-0.2, 0) is 13.0 Å². The zero-order valence-corrected chi connectivity index (χ0v) is 18.9. The van der Waals surface area contributed by atoms with Gasteiger partial charge in [-0.05, 0) is 37.0 Å². The maximum Gasteiger partial charge on any atom is 0.254 e. The number of nitrogens with one attached hydrogen (secondary N) is 1. The molecule has 0 fully saturated rings. The van der Waals surface area contributed by atoms with Crippen LogP contribution in [-0.4, -0.2) is 40.6 Å². The van der Waals surface area contributed by atoms with E-state index in [9.17, 15) is 4.79 Å². The van der Waals surface area contributed by atoms with Crippen LogP contribution in [0.5, 0.6) is 0 Å². The molecule has 2 heterocycles. The zero-order chi connectivity index (χ0) is 22.6. The molecule has 0 bridgehead atoms. The van der Waals surface area contributed by atoms with Gasteiger partial charge >= 0.3 is 0 Å². The van der Waals surface area contributed by atoms with Gasteiger partial charge in [-0.15, -0.1) is 10.2 Å². The third-order valence-electron chi connectivity index (χ3n) is 6.37. The molecular weight excluding hydrogens is 408 g/mol. The summed E-state index contributed by atoms with van der Waals surface area (Å²) in [6.45, 7) is 5.70. The fourth-order valence-corrected chi connectivity index (χ4v) is 4.54. The number of amides is 1. The molecule has 0 saturated heterocycles. The quantitative estimate of drug-likeness (QED) is 0.442. The van der Waals surface area contributed by atoms with Gasteiger partial charge in [-0.1, -0.05) is 72.3 Å². The molecule has 166 valence electrons. The Morgan fingerprint density at radius 1 is 0.939 bits per heavy atom. The van der Waals surface area contributed by atoms with Gasteiger partial charge in [-0.3, -0.25) is 9.69 Å². The van der Waals surface area contributed by atoms with E-state index >= 15 is 0 Å². The van der Waals surface area contributed by atoms with Crippen LogP contribution >= 0.6 is 0 Å². The number of aryl methyl sites for hydroxylation is 1. The van der Waals surface area contributed by atoms with Gasteiger partial charge in [-0.25, -0.2) is 0 Å². The molecule has 33 heavy (non-hydrogen) atoms. The molecule has 0 aliphatic carbocycles. The topological polar surface area (TPSA) is 58.1 Å². The van der Waals surface area contributed by atoms with E-state index in [-0.39, 0.29) is 5.91 Å². The normalized spacial score (nSPS) is 13.6. The lowest BCUT2D eigenvalue weighted by atomic mass is 10.00. The molecule has 3 aromatic carbocycles. The van der Waals surface area contributed by atoms with E-state index in [2.05, 4.69) is 44.7 Å². The summed E-state index contributed by atoms with van der Waals surface area (Å²) in [4.78, 5) is 15.8. The number of carbonyl (C=O) groups excluding carboxylic acids is 1. The van der Waals surface area contributed by atoms with E-state index < -0.39 is 0 Å². The van der Waals surface area contributed by atoms with Crippen LogP contribution in [0.3, 0.4) is 0 Å². The van der Waals surface area contributed by atoms with Crippen molar-refractivity contribution in [3.63, 3.8) is 0 Å². The van der Waals surface area contributed by atoms with E-state index in [0.717, 1.165) is 48.9 Å². The Morgan fingerprint density at radius 2 is 1.70 bits per heavy atom. The molecule has 1 N–H and O–H groups in total. The summed E-state index contributed by atoms with van der Waals surface area (Å²) in [5.41, 5.74) is 6.89. The average Bonchev–Trinajstić information content (AvgIpc) is 2.86. The predicted octanol–water partition coefficient (Wildman–Crippen LogP) is 4.78. The summed E-state index contributed by atoms with van der Waals surface area (Å²) >= 11 is 0.